The average Bonchev–Trinajstić information content (AvgIpc) is 2.59. The highest BCUT2D eigenvalue weighted by atomic mass is 16.7. The van der Waals surface area contributed by atoms with Gasteiger partial charge in [0.05, 0.1) is 17.8 Å². The number of nitrogens with zero attached hydrogens (tertiary/aromatic N) is 1. The molecule has 0 spiro atoms. The van der Waals surface area contributed by atoms with E-state index in [1.165, 1.54) is 0 Å². The summed E-state index contributed by atoms with van der Waals surface area (Å²) in [5.41, 5.74) is 0.266. The standard InChI is InChI=1S/C15H25BN2O3/c1-11(10-19-6)18-13-8-7-12(9-17-13)16-20-14(2,3)15(4,5)21-16/h7-9,11H,10H2,1-6H3,(H,17,18)/t11-/m0/s1. The molecule has 1 aromatic heterocycles. The molecule has 2 rings (SSSR count). The van der Waals surface area contributed by atoms with Gasteiger partial charge in [0.15, 0.2) is 0 Å². The van der Waals surface area contributed by atoms with Crippen molar-refractivity contribution < 1.29 is 14.0 Å². The number of anilines is 1. The quantitative estimate of drug-likeness (QED) is 0.839. The van der Waals surface area contributed by atoms with Crippen molar-refractivity contribution in [2.75, 3.05) is 19.0 Å². The van der Waals surface area contributed by atoms with Crippen LogP contribution in [0.25, 0.3) is 0 Å². The fourth-order valence-electron chi connectivity index (χ4n) is 2.15. The first-order valence-corrected chi connectivity index (χ1v) is 7.32. The molecule has 1 aromatic rings. The highest BCUT2D eigenvalue weighted by Crippen LogP contribution is 2.36. The van der Waals surface area contributed by atoms with E-state index in [-0.39, 0.29) is 24.4 Å². The van der Waals surface area contributed by atoms with Crippen LogP contribution < -0.4 is 10.8 Å². The average molecular weight is 292 g/mol. The minimum atomic E-state index is -0.368. The maximum atomic E-state index is 6.01. The highest BCUT2D eigenvalue weighted by molar-refractivity contribution is 6.62. The summed E-state index contributed by atoms with van der Waals surface area (Å²) in [6.07, 6.45) is 1.80. The molecule has 5 nitrogen and oxygen atoms in total. The Labute approximate surface area is 127 Å². The van der Waals surface area contributed by atoms with Crippen molar-refractivity contribution in [1.29, 1.82) is 0 Å². The maximum absolute atomic E-state index is 6.01. The molecule has 0 bridgehead atoms. The van der Waals surface area contributed by atoms with Crippen molar-refractivity contribution in [1.82, 2.24) is 4.98 Å². The molecule has 2 heterocycles. The van der Waals surface area contributed by atoms with Gasteiger partial charge in [-0.2, -0.15) is 0 Å². The molecule has 1 N–H and O–H groups in total. The first kappa shape index (κ1) is 16.3. The fraction of sp³-hybridized carbons (Fsp3) is 0.667. The molecule has 0 amide bonds. The number of hydrogen-bond donors (Lipinski definition) is 1. The third-order valence-electron chi connectivity index (χ3n) is 4.12. The monoisotopic (exact) mass is 292 g/mol. The lowest BCUT2D eigenvalue weighted by atomic mass is 9.80. The second-order valence-corrected chi connectivity index (χ2v) is 6.57. The normalized spacial score (nSPS) is 21.3. The second-order valence-electron chi connectivity index (χ2n) is 6.57. The topological polar surface area (TPSA) is 52.6 Å². The second kappa shape index (κ2) is 5.95. The van der Waals surface area contributed by atoms with E-state index >= 15 is 0 Å². The SMILES string of the molecule is COC[C@H](C)Nc1ccc(B2OC(C)(C)C(C)(C)O2)cn1. The van der Waals surface area contributed by atoms with E-state index in [0.717, 1.165) is 11.3 Å². The Morgan fingerprint density at radius 2 is 1.86 bits per heavy atom. The number of aromatic nitrogens is 1. The number of ether oxygens (including phenoxy) is 1. The van der Waals surface area contributed by atoms with Crippen molar-refractivity contribution >= 4 is 18.4 Å². The molecule has 1 atom stereocenters. The molecular formula is C15H25BN2O3. The van der Waals surface area contributed by atoms with E-state index < -0.39 is 0 Å². The van der Waals surface area contributed by atoms with Crippen LogP contribution in [-0.4, -0.2) is 43.1 Å². The van der Waals surface area contributed by atoms with Gasteiger partial charge < -0.3 is 19.4 Å². The molecule has 0 aromatic carbocycles. The molecule has 1 aliphatic rings. The van der Waals surface area contributed by atoms with E-state index in [0.29, 0.717) is 6.61 Å². The summed E-state index contributed by atoms with van der Waals surface area (Å²) in [5, 5.41) is 3.28. The van der Waals surface area contributed by atoms with Gasteiger partial charge in [-0.05, 0) is 40.7 Å². The minimum absolute atomic E-state index is 0.213. The van der Waals surface area contributed by atoms with Gasteiger partial charge in [0.25, 0.3) is 0 Å². The third-order valence-corrected chi connectivity index (χ3v) is 4.12. The Balaban J connectivity index is 2.03. The van der Waals surface area contributed by atoms with Crippen LogP contribution in [0.15, 0.2) is 18.3 Å². The van der Waals surface area contributed by atoms with E-state index in [9.17, 15) is 0 Å². The lowest BCUT2D eigenvalue weighted by Crippen LogP contribution is -2.41. The summed E-state index contributed by atoms with van der Waals surface area (Å²) in [6.45, 7) is 10.9. The Morgan fingerprint density at radius 1 is 1.24 bits per heavy atom. The van der Waals surface area contributed by atoms with Crippen molar-refractivity contribution in [2.24, 2.45) is 0 Å². The molecule has 6 heteroatoms. The molecule has 0 unspecified atom stereocenters. The number of nitrogens with one attached hydrogen (secondary N) is 1. The predicted molar refractivity (Wildman–Crippen MR) is 84.9 cm³/mol. The summed E-state index contributed by atoms with van der Waals surface area (Å²) in [4.78, 5) is 4.41. The molecule has 21 heavy (non-hydrogen) atoms. The van der Waals surface area contributed by atoms with Crippen LogP contribution in [0.1, 0.15) is 34.6 Å². The van der Waals surface area contributed by atoms with Gasteiger partial charge >= 0.3 is 7.12 Å². The van der Waals surface area contributed by atoms with Crippen LogP contribution in [-0.2, 0) is 14.0 Å². The predicted octanol–water partition coefficient (Wildman–Crippen LogP) is 1.83. The number of methoxy groups -OCH3 is 1. The zero-order valence-electron chi connectivity index (χ0n) is 13.8. The Bertz CT molecular complexity index is 460. The highest BCUT2D eigenvalue weighted by Gasteiger charge is 2.51. The lowest BCUT2D eigenvalue weighted by Gasteiger charge is -2.32. The molecule has 0 saturated carbocycles. The summed E-state index contributed by atoms with van der Waals surface area (Å²) in [6, 6.07) is 4.13. The van der Waals surface area contributed by atoms with Gasteiger partial charge in [-0.3, -0.25) is 0 Å². The van der Waals surface area contributed by atoms with Crippen LogP contribution in [0.2, 0.25) is 0 Å². The molecule has 1 saturated heterocycles. The van der Waals surface area contributed by atoms with Gasteiger partial charge in [-0.1, -0.05) is 6.07 Å². The summed E-state index contributed by atoms with van der Waals surface area (Å²) < 4.78 is 17.1. The third kappa shape index (κ3) is 3.57. The Kier molecular flexibility index (Phi) is 4.61. The van der Waals surface area contributed by atoms with Gasteiger partial charge in [-0.25, -0.2) is 4.98 Å². The fourth-order valence-corrected chi connectivity index (χ4v) is 2.15. The lowest BCUT2D eigenvalue weighted by molar-refractivity contribution is 0.00578. The summed E-state index contributed by atoms with van der Waals surface area (Å²) in [7, 11) is 1.32. The van der Waals surface area contributed by atoms with Crippen LogP contribution >= 0.6 is 0 Å². The molecule has 0 radical (unpaired) electrons. The number of hydrogen-bond acceptors (Lipinski definition) is 5. The first-order chi connectivity index (χ1) is 9.75. The van der Waals surface area contributed by atoms with Crippen LogP contribution in [0.3, 0.4) is 0 Å². The smallest absolute Gasteiger partial charge is 0.399 e. The number of rotatable bonds is 5. The van der Waals surface area contributed by atoms with Gasteiger partial charge in [0.2, 0.25) is 0 Å². The van der Waals surface area contributed by atoms with E-state index in [1.807, 2.05) is 46.8 Å². The van der Waals surface area contributed by atoms with Crippen LogP contribution in [0.4, 0.5) is 5.82 Å². The Hall–Kier alpha value is -1.11. The molecule has 1 fully saturated rings. The Morgan fingerprint density at radius 3 is 2.33 bits per heavy atom. The largest absolute Gasteiger partial charge is 0.496 e. The van der Waals surface area contributed by atoms with Crippen LogP contribution in [0, 0.1) is 0 Å². The summed E-state index contributed by atoms with van der Waals surface area (Å²) >= 11 is 0. The van der Waals surface area contributed by atoms with Crippen molar-refractivity contribution in [3.8, 4) is 0 Å². The van der Waals surface area contributed by atoms with Crippen molar-refractivity contribution in [3.63, 3.8) is 0 Å². The molecule has 116 valence electrons. The van der Waals surface area contributed by atoms with Gasteiger partial charge in [-0.15, -0.1) is 0 Å². The van der Waals surface area contributed by atoms with E-state index in [4.69, 9.17) is 14.0 Å². The van der Waals surface area contributed by atoms with Gasteiger partial charge in [0, 0.05) is 24.8 Å². The number of pyridine rings is 1. The molecule has 0 aliphatic carbocycles. The van der Waals surface area contributed by atoms with Crippen molar-refractivity contribution in [3.05, 3.63) is 18.3 Å². The maximum Gasteiger partial charge on any atom is 0.496 e. The van der Waals surface area contributed by atoms with Gasteiger partial charge in [0.1, 0.15) is 5.82 Å². The zero-order chi connectivity index (χ0) is 15.7. The van der Waals surface area contributed by atoms with E-state index in [1.54, 1.807) is 13.3 Å². The first-order valence-electron chi connectivity index (χ1n) is 7.32. The summed E-state index contributed by atoms with van der Waals surface area (Å²) in [5.74, 6) is 0.819. The van der Waals surface area contributed by atoms with Crippen LogP contribution in [0.5, 0.6) is 0 Å². The molecular weight excluding hydrogens is 267 g/mol. The van der Waals surface area contributed by atoms with E-state index in [2.05, 4.69) is 10.3 Å². The zero-order valence-corrected chi connectivity index (χ0v) is 13.8. The minimum Gasteiger partial charge on any atom is -0.399 e. The molecule has 1 aliphatic heterocycles. The van der Waals surface area contributed by atoms with Crippen molar-refractivity contribution in [2.45, 2.75) is 51.9 Å².